The fraction of sp³-hybridized carbons (Fsp3) is 0.294. The average molecular weight is 232 g/mol. The molecule has 0 saturated heterocycles. The highest BCUT2D eigenvalue weighted by Crippen LogP contribution is 2.07. The van der Waals surface area contributed by atoms with Gasteiger partial charge in [-0.3, -0.25) is 0 Å². The minimum atomic E-state index is 0.919. The van der Waals surface area contributed by atoms with Crippen LogP contribution in [0.1, 0.15) is 34.1 Å². The van der Waals surface area contributed by atoms with E-state index in [2.05, 4.69) is 33.2 Å². The molecule has 0 spiro atoms. The zero-order chi connectivity index (χ0) is 14.1. The molecule has 0 aliphatic carbocycles. The summed E-state index contributed by atoms with van der Waals surface area (Å²) in [6.07, 6.45) is 12.3. The van der Waals surface area contributed by atoms with Gasteiger partial charge in [0.2, 0.25) is 0 Å². The topological polar surface area (TPSA) is 0 Å². The zero-order valence-corrected chi connectivity index (χ0v) is 12.0. The molecule has 0 fully saturated rings. The van der Waals surface area contributed by atoms with Crippen molar-refractivity contribution in [1.29, 1.82) is 0 Å². The number of hydrogen-bond donors (Lipinski definition) is 0. The molecule has 0 heterocycles. The molecule has 0 amide bonds. The van der Waals surface area contributed by atoms with E-state index in [0.29, 0.717) is 0 Å². The first-order valence-corrected chi connectivity index (χ1v) is 6.04. The van der Waals surface area contributed by atoms with E-state index in [-0.39, 0.29) is 0 Å². The van der Waals surface area contributed by atoms with E-state index in [1.54, 1.807) is 6.08 Å². The van der Waals surface area contributed by atoms with Crippen molar-refractivity contribution in [1.82, 2.24) is 0 Å². The molecule has 0 heteroatoms. The van der Waals surface area contributed by atoms with Crippen molar-refractivity contribution in [3.63, 3.8) is 0 Å². The molecular weight excluding hydrogens is 204 g/mol. The largest absolute Gasteiger partial charge is 0.103 e. The summed E-state index contributed by atoms with van der Waals surface area (Å²) >= 11 is 0. The van der Waals surface area contributed by atoms with Crippen LogP contribution >= 0.6 is 0 Å². The first-order chi connectivity index (χ1) is 8.13. The second-order valence-corrected chi connectivity index (χ2v) is 2.84. The molecule has 0 aromatic heterocycles. The van der Waals surface area contributed by atoms with Gasteiger partial charge in [-0.2, -0.15) is 0 Å². The first kappa shape index (κ1) is 20.8. The summed E-state index contributed by atoms with van der Waals surface area (Å²) < 4.78 is 0. The highest BCUT2D eigenvalue weighted by Gasteiger charge is 1.87. The van der Waals surface area contributed by atoms with Gasteiger partial charge in [-0.05, 0) is 24.5 Å². The Labute approximate surface area is 108 Å². The zero-order valence-electron chi connectivity index (χ0n) is 12.0. The van der Waals surface area contributed by atoms with Crippen LogP contribution in [0.4, 0.5) is 0 Å². The molecule has 96 valence electrons. The van der Waals surface area contributed by atoms with Crippen LogP contribution in [0.5, 0.6) is 0 Å². The Kier molecular flexibility index (Phi) is 24.4. The maximum absolute atomic E-state index is 3.83. The molecule has 0 rings (SSSR count). The highest BCUT2D eigenvalue weighted by atomic mass is 13.9. The van der Waals surface area contributed by atoms with E-state index < -0.39 is 0 Å². The maximum Gasteiger partial charge on any atom is -0.0262 e. The predicted octanol–water partition coefficient (Wildman–Crippen LogP) is 6.03. The van der Waals surface area contributed by atoms with Crippen LogP contribution in [0.3, 0.4) is 0 Å². The summed E-state index contributed by atoms with van der Waals surface area (Å²) in [5.41, 5.74) is 1.86. The van der Waals surface area contributed by atoms with E-state index >= 15 is 0 Å². The van der Waals surface area contributed by atoms with Crippen molar-refractivity contribution < 1.29 is 0 Å². The molecule has 0 nitrogen and oxygen atoms in total. The van der Waals surface area contributed by atoms with Gasteiger partial charge in [0.1, 0.15) is 0 Å². The fourth-order valence-corrected chi connectivity index (χ4v) is 0.599. The Balaban J connectivity index is -0.000000275. The van der Waals surface area contributed by atoms with E-state index in [1.165, 1.54) is 0 Å². The molecule has 0 aliphatic rings. The Bertz CT molecular complexity index is 262. The van der Waals surface area contributed by atoms with Crippen molar-refractivity contribution in [3.05, 3.63) is 73.9 Å². The van der Waals surface area contributed by atoms with E-state index in [1.807, 2.05) is 51.2 Å². The maximum atomic E-state index is 3.83. The Morgan fingerprint density at radius 2 is 1.41 bits per heavy atom. The van der Waals surface area contributed by atoms with E-state index in [9.17, 15) is 0 Å². The highest BCUT2D eigenvalue weighted by molar-refractivity contribution is 5.42. The fourth-order valence-electron chi connectivity index (χ4n) is 0.599. The van der Waals surface area contributed by atoms with E-state index in [0.717, 1.165) is 17.6 Å². The Hall–Kier alpha value is -1.56. The minimum Gasteiger partial charge on any atom is -0.103 e. The third kappa shape index (κ3) is 20.5. The van der Waals surface area contributed by atoms with Crippen molar-refractivity contribution in [3.8, 4) is 0 Å². The Morgan fingerprint density at radius 3 is 1.71 bits per heavy atom. The average Bonchev–Trinajstić information content (AvgIpc) is 2.38. The molecular formula is C17H28. The second kappa shape index (κ2) is 19.9. The van der Waals surface area contributed by atoms with Gasteiger partial charge in [-0.15, -0.1) is 6.58 Å². The molecule has 0 aliphatic heterocycles. The van der Waals surface area contributed by atoms with Gasteiger partial charge in [0, 0.05) is 0 Å². The van der Waals surface area contributed by atoms with Crippen molar-refractivity contribution in [2.75, 3.05) is 0 Å². The van der Waals surface area contributed by atoms with Gasteiger partial charge < -0.3 is 0 Å². The molecule has 0 aromatic rings. The monoisotopic (exact) mass is 232 g/mol. The first-order valence-electron chi connectivity index (χ1n) is 6.04. The lowest BCUT2D eigenvalue weighted by Crippen LogP contribution is -1.76. The van der Waals surface area contributed by atoms with Crippen molar-refractivity contribution in [2.24, 2.45) is 0 Å². The number of hydrogen-bond acceptors (Lipinski definition) is 0. The lowest BCUT2D eigenvalue weighted by molar-refractivity contribution is 1.23. The van der Waals surface area contributed by atoms with Crippen LogP contribution in [0.25, 0.3) is 0 Å². The van der Waals surface area contributed by atoms with E-state index in [4.69, 9.17) is 0 Å². The van der Waals surface area contributed by atoms with Crippen LogP contribution in [0, 0.1) is 0 Å². The molecule has 0 radical (unpaired) electrons. The van der Waals surface area contributed by atoms with Gasteiger partial charge in [0.15, 0.2) is 0 Å². The second-order valence-electron chi connectivity index (χ2n) is 2.84. The van der Waals surface area contributed by atoms with Crippen molar-refractivity contribution >= 4 is 0 Å². The van der Waals surface area contributed by atoms with Gasteiger partial charge in [0.05, 0.1) is 0 Å². The standard InChI is InChI=1S/C11H14.C4H8.C2H6/c1-5-7-9-11(4)10(3)8-6-2;1-3-4-2;1-2/h5-9H,1,3-4H2,2H3;3H,1,4H2,2H3;1-2H3/b8-6-,9-7-;;. The van der Waals surface area contributed by atoms with Gasteiger partial charge >= 0.3 is 0 Å². The van der Waals surface area contributed by atoms with Gasteiger partial charge in [-0.1, -0.05) is 77.0 Å². The lowest BCUT2D eigenvalue weighted by Gasteiger charge is -1.95. The summed E-state index contributed by atoms with van der Waals surface area (Å²) in [5, 5.41) is 0. The molecule has 0 unspecified atom stereocenters. The molecule has 17 heavy (non-hydrogen) atoms. The third-order valence-electron chi connectivity index (χ3n) is 1.50. The van der Waals surface area contributed by atoms with Crippen LogP contribution in [0.15, 0.2) is 73.9 Å². The summed E-state index contributed by atoms with van der Waals surface area (Å²) in [4.78, 5) is 0. The summed E-state index contributed by atoms with van der Waals surface area (Å²) in [6.45, 7) is 22.7. The summed E-state index contributed by atoms with van der Waals surface area (Å²) in [5.74, 6) is 0. The third-order valence-corrected chi connectivity index (χ3v) is 1.50. The molecule has 0 bridgehead atoms. The normalized spacial score (nSPS) is 8.71. The number of allylic oxidation sites excluding steroid dienone is 8. The SMILES string of the molecule is C=C/C=C\C(=C)C(=C)/C=C\C.C=CCC.CC. The smallest absolute Gasteiger partial charge is 0.0262 e. The van der Waals surface area contributed by atoms with Gasteiger partial charge in [0.25, 0.3) is 0 Å². The lowest BCUT2D eigenvalue weighted by atomic mass is 10.1. The van der Waals surface area contributed by atoms with Crippen LogP contribution < -0.4 is 0 Å². The van der Waals surface area contributed by atoms with Crippen LogP contribution in [-0.2, 0) is 0 Å². The van der Waals surface area contributed by atoms with Gasteiger partial charge in [-0.25, -0.2) is 0 Å². The molecule has 0 aromatic carbocycles. The quantitative estimate of drug-likeness (QED) is 0.401. The van der Waals surface area contributed by atoms with Crippen LogP contribution in [-0.4, -0.2) is 0 Å². The predicted molar refractivity (Wildman–Crippen MR) is 84.3 cm³/mol. The Morgan fingerprint density at radius 1 is 1.00 bits per heavy atom. The molecule has 0 N–H and O–H groups in total. The minimum absolute atomic E-state index is 0.919. The summed E-state index contributed by atoms with van der Waals surface area (Å²) in [7, 11) is 0. The van der Waals surface area contributed by atoms with Crippen LogP contribution in [0.2, 0.25) is 0 Å². The number of rotatable bonds is 5. The molecule has 0 atom stereocenters. The van der Waals surface area contributed by atoms with Crippen molar-refractivity contribution in [2.45, 2.75) is 34.1 Å². The molecule has 0 saturated carbocycles. The summed E-state index contributed by atoms with van der Waals surface area (Å²) in [6, 6.07) is 0.